The van der Waals surface area contributed by atoms with Crippen LogP contribution in [0, 0.1) is 5.82 Å². The fourth-order valence-corrected chi connectivity index (χ4v) is 3.85. The Hall–Kier alpha value is -3.39. The first-order chi connectivity index (χ1) is 15.6. The van der Waals surface area contributed by atoms with E-state index in [1.54, 1.807) is 24.5 Å². The molecule has 4 rings (SSSR count). The third kappa shape index (κ3) is 4.75. The third-order valence-electron chi connectivity index (χ3n) is 5.51. The summed E-state index contributed by atoms with van der Waals surface area (Å²) in [7, 11) is 0. The molecule has 0 unspecified atom stereocenters. The van der Waals surface area contributed by atoms with Crippen molar-refractivity contribution in [1.29, 1.82) is 0 Å². The number of Topliss-reactive ketones (excluding diaryl/α,β-unsaturated/α-hetero) is 1. The number of aromatic nitrogens is 3. The van der Waals surface area contributed by atoms with E-state index < -0.39 is 0 Å². The highest BCUT2D eigenvalue weighted by Crippen LogP contribution is 2.25. The number of hydrogen-bond donors (Lipinski definition) is 1. The Balaban J connectivity index is 1.60. The summed E-state index contributed by atoms with van der Waals surface area (Å²) in [5.74, 6) is -0.498. The molecule has 0 aliphatic carbocycles. The normalized spacial score (nSPS) is 13.9. The van der Waals surface area contributed by atoms with Crippen LogP contribution in [0.1, 0.15) is 35.0 Å². The maximum atomic E-state index is 14.4. The van der Waals surface area contributed by atoms with Crippen molar-refractivity contribution in [2.45, 2.75) is 26.2 Å². The van der Waals surface area contributed by atoms with Gasteiger partial charge < -0.3 is 15.4 Å². The summed E-state index contributed by atoms with van der Waals surface area (Å²) in [4.78, 5) is 28.1. The topological polar surface area (TPSA) is 94.2 Å². The molecule has 0 amide bonds. The first kappa shape index (κ1) is 21.8. The van der Waals surface area contributed by atoms with Gasteiger partial charge in [-0.15, -0.1) is 0 Å². The number of pyridine rings is 1. The average Bonchev–Trinajstić information content (AvgIpc) is 2.82. The van der Waals surface area contributed by atoms with Crippen molar-refractivity contribution < 1.29 is 13.9 Å². The fraction of sp³-hybridized carbons (Fsp3) is 0.333. The molecule has 32 heavy (non-hydrogen) atoms. The summed E-state index contributed by atoms with van der Waals surface area (Å²) in [5.41, 5.74) is 9.43. The number of morpholine rings is 1. The van der Waals surface area contributed by atoms with Crippen LogP contribution in [0.2, 0.25) is 0 Å². The Morgan fingerprint density at radius 1 is 1.19 bits per heavy atom. The van der Waals surface area contributed by atoms with Gasteiger partial charge in [0.25, 0.3) is 0 Å². The highest BCUT2D eigenvalue weighted by atomic mass is 19.1. The lowest BCUT2D eigenvalue weighted by Gasteiger charge is -2.30. The quantitative estimate of drug-likeness (QED) is 0.568. The van der Waals surface area contributed by atoms with Crippen LogP contribution >= 0.6 is 0 Å². The summed E-state index contributed by atoms with van der Waals surface area (Å²) in [6, 6.07) is 6.87. The lowest BCUT2D eigenvalue weighted by atomic mass is 10.0. The molecule has 0 atom stereocenters. The van der Waals surface area contributed by atoms with Gasteiger partial charge >= 0.3 is 0 Å². The SMILES string of the molecule is CCCc1ccc(-c2cnc(N)c(C(=O)Cc3cnccc3N3CCOCC3)n2)cc1F. The maximum absolute atomic E-state index is 14.4. The second-order valence-corrected chi connectivity index (χ2v) is 7.75. The van der Waals surface area contributed by atoms with Crippen molar-refractivity contribution >= 4 is 17.3 Å². The summed E-state index contributed by atoms with van der Waals surface area (Å²) in [6.45, 7) is 4.79. The molecule has 7 nitrogen and oxygen atoms in total. The van der Waals surface area contributed by atoms with Crippen LogP contribution < -0.4 is 10.6 Å². The molecule has 0 bridgehead atoms. The minimum absolute atomic E-state index is 0.0543. The van der Waals surface area contributed by atoms with Crippen molar-refractivity contribution in [2.75, 3.05) is 36.9 Å². The third-order valence-corrected chi connectivity index (χ3v) is 5.51. The van der Waals surface area contributed by atoms with Crippen molar-refractivity contribution in [2.24, 2.45) is 0 Å². The van der Waals surface area contributed by atoms with Gasteiger partial charge in [-0.3, -0.25) is 9.78 Å². The number of nitrogens with two attached hydrogens (primary N) is 1. The van der Waals surface area contributed by atoms with Crippen LogP contribution in [0.25, 0.3) is 11.3 Å². The molecule has 1 aromatic carbocycles. The Labute approximate surface area is 186 Å². The van der Waals surface area contributed by atoms with Crippen molar-refractivity contribution in [1.82, 2.24) is 15.0 Å². The molecule has 3 aromatic rings. The highest BCUT2D eigenvalue weighted by Gasteiger charge is 2.20. The maximum Gasteiger partial charge on any atom is 0.189 e. The second-order valence-electron chi connectivity index (χ2n) is 7.75. The number of aryl methyl sites for hydroxylation is 1. The smallest absolute Gasteiger partial charge is 0.189 e. The lowest BCUT2D eigenvalue weighted by Crippen LogP contribution is -2.37. The highest BCUT2D eigenvalue weighted by molar-refractivity contribution is 6.00. The first-order valence-corrected chi connectivity index (χ1v) is 10.8. The number of ketones is 1. The number of carbonyl (C=O) groups is 1. The molecule has 1 fully saturated rings. The van der Waals surface area contributed by atoms with Gasteiger partial charge in [0, 0.05) is 48.7 Å². The van der Waals surface area contributed by atoms with Gasteiger partial charge in [-0.25, -0.2) is 14.4 Å². The summed E-state index contributed by atoms with van der Waals surface area (Å²) < 4.78 is 19.8. The molecule has 2 aromatic heterocycles. The van der Waals surface area contributed by atoms with E-state index in [9.17, 15) is 9.18 Å². The number of halogens is 1. The number of nitrogen functional groups attached to an aromatic ring is 1. The molecule has 1 aliphatic rings. The van der Waals surface area contributed by atoms with E-state index in [4.69, 9.17) is 10.5 Å². The van der Waals surface area contributed by atoms with Gasteiger partial charge in [0.2, 0.25) is 0 Å². The van der Waals surface area contributed by atoms with E-state index in [-0.39, 0.29) is 29.5 Å². The molecule has 3 heterocycles. The number of anilines is 2. The number of ether oxygens (including phenoxy) is 1. The van der Waals surface area contributed by atoms with Crippen LogP contribution in [-0.2, 0) is 17.6 Å². The average molecular weight is 436 g/mol. The number of carbonyl (C=O) groups excluding carboxylic acids is 1. The zero-order valence-electron chi connectivity index (χ0n) is 18.1. The Morgan fingerprint density at radius 3 is 2.75 bits per heavy atom. The zero-order chi connectivity index (χ0) is 22.5. The van der Waals surface area contributed by atoms with Crippen LogP contribution in [0.15, 0.2) is 42.9 Å². The molecular formula is C24H26FN5O2. The predicted molar refractivity (Wildman–Crippen MR) is 121 cm³/mol. The number of nitrogens with zero attached hydrogens (tertiary/aromatic N) is 4. The molecule has 0 spiro atoms. The Kier molecular flexibility index (Phi) is 6.70. The lowest BCUT2D eigenvalue weighted by molar-refractivity contribution is 0.0988. The van der Waals surface area contributed by atoms with Gasteiger partial charge in [-0.1, -0.05) is 25.5 Å². The van der Waals surface area contributed by atoms with Crippen molar-refractivity contribution in [3.8, 4) is 11.3 Å². The molecule has 8 heteroatoms. The Morgan fingerprint density at radius 2 is 2.00 bits per heavy atom. The van der Waals surface area contributed by atoms with E-state index in [1.807, 2.05) is 13.0 Å². The number of benzene rings is 1. The second kappa shape index (κ2) is 9.82. The van der Waals surface area contributed by atoms with E-state index in [2.05, 4.69) is 19.9 Å². The van der Waals surface area contributed by atoms with Gasteiger partial charge in [-0.2, -0.15) is 0 Å². The zero-order valence-corrected chi connectivity index (χ0v) is 18.1. The van der Waals surface area contributed by atoms with E-state index in [1.165, 1.54) is 12.3 Å². The number of rotatable bonds is 7. The standard InChI is InChI=1S/C24H26FN5O2/c1-2-3-16-4-5-17(12-19(16)25)20-15-28-24(26)23(29-20)22(31)13-18-14-27-7-6-21(18)30-8-10-32-11-9-30/h4-7,12,14-15H,2-3,8-11,13H2,1H3,(H2,26,28). The molecule has 0 saturated carbocycles. The minimum Gasteiger partial charge on any atom is -0.382 e. The van der Waals surface area contributed by atoms with Crippen molar-refractivity contribution in [3.63, 3.8) is 0 Å². The molecule has 0 radical (unpaired) electrons. The number of hydrogen-bond acceptors (Lipinski definition) is 7. The largest absolute Gasteiger partial charge is 0.382 e. The predicted octanol–water partition coefficient (Wildman–Crippen LogP) is 3.47. The van der Waals surface area contributed by atoms with Crippen LogP contribution in [0.5, 0.6) is 0 Å². The Bertz CT molecular complexity index is 1120. The fourth-order valence-electron chi connectivity index (χ4n) is 3.85. The van der Waals surface area contributed by atoms with Crippen molar-refractivity contribution in [3.05, 3.63) is 65.5 Å². The molecule has 166 valence electrons. The summed E-state index contributed by atoms with van der Waals surface area (Å²) >= 11 is 0. The molecular weight excluding hydrogens is 409 g/mol. The van der Waals surface area contributed by atoms with Gasteiger partial charge in [-0.05, 0) is 24.1 Å². The van der Waals surface area contributed by atoms with E-state index in [0.717, 1.165) is 30.8 Å². The van der Waals surface area contributed by atoms with E-state index >= 15 is 0 Å². The van der Waals surface area contributed by atoms with Gasteiger partial charge in [0.05, 0.1) is 25.1 Å². The molecule has 1 aliphatic heterocycles. The molecule has 2 N–H and O–H groups in total. The molecule has 1 saturated heterocycles. The van der Waals surface area contributed by atoms with Gasteiger partial charge in [0.1, 0.15) is 11.5 Å². The monoisotopic (exact) mass is 435 g/mol. The van der Waals surface area contributed by atoms with Crippen LogP contribution in [0.4, 0.5) is 15.9 Å². The van der Waals surface area contributed by atoms with Crippen LogP contribution in [-0.4, -0.2) is 47.0 Å². The first-order valence-electron chi connectivity index (χ1n) is 10.8. The summed E-state index contributed by atoms with van der Waals surface area (Å²) in [6.07, 6.45) is 6.48. The van der Waals surface area contributed by atoms with Gasteiger partial charge in [0.15, 0.2) is 11.6 Å². The van der Waals surface area contributed by atoms with E-state index in [0.29, 0.717) is 36.5 Å². The van der Waals surface area contributed by atoms with Crippen LogP contribution in [0.3, 0.4) is 0 Å². The summed E-state index contributed by atoms with van der Waals surface area (Å²) in [5, 5.41) is 0. The minimum atomic E-state index is -0.290.